The molecule has 1 aliphatic heterocycles. The third-order valence-corrected chi connectivity index (χ3v) is 5.83. The number of carbonyl (C=O) groups is 3. The number of nitrogens with zero attached hydrogens (tertiary/aromatic N) is 1. The first-order valence-corrected chi connectivity index (χ1v) is 9.65. The second kappa shape index (κ2) is 7.78. The monoisotopic (exact) mass is 383 g/mol. The quantitative estimate of drug-likeness (QED) is 0.674. The van der Waals surface area contributed by atoms with Crippen molar-refractivity contribution in [2.75, 3.05) is 20.3 Å². The average molecular weight is 383 g/mol. The molecule has 1 amide bonds. The minimum Gasteiger partial charge on any atom is -0.467 e. The van der Waals surface area contributed by atoms with Crippen LogP contribution < -0.4 is 0 Å². The molecule has 1 saturated heterocycles. The van der Waals surface area contributed by atoms with E-state index in [4.69, 9.17) is 14.6 Å². The number of aliphatic hydroxyl groups is 1. The molecule has 1 saturated carbocycles. The maximum atomic E-state index is 13.2. The lowest BCUT2D eigenvalue weighted by atomic mass is 9.95. The van der Waals surface area contributed by atoms with E-state index in [9.17, 15) is 14.4 Å². The number of hydrogen-bond acceptors (Lipinski definition) is 6. The minimum absolute atomic E-state index is 0.0153. The van der Waals surface area contributed by atoms with Gasteiger partial charge >= 0.3 is 11.9 Å². The van der Waals surface area contributed by atoms with E-state index in [2.05, 4.69) is 13.8 Å². The molecule has 7 heteroatoms. The molecular formula is C20H33NO6. The molecule has 154 valence electrons. The second-order valence-electron chi connectivity index (χ2n) is 9.27. The molecule has 0 aromatic heterocycles. The van der Waals surface area contributed by atoms with Gasteiger partial charge in [-0.3, -0.25) is 9.59 Å². The molecule has 1 heterocycles. The molecule has 0 aromatic carbocycles. The maximum Gasteiger partial charge on any atom is 0.328 e. The molecule has 2 rings (SSSR count). The van der Waals surface area contributed by atoms with Gasteiger partial charge in [-0.25, -0.2) is 4.79 Å². The summed E-state index contributed by atoms with van der Waals surface area (Å²) >= 11 is 0. The number of esters is 2. The molecular weight excluding hydrogens is 350 g/mol. The Morgan fingerprint density at radius 3 is 2.41 bits per heavy atom. The average Bonchev–Trinajstić information content (AvgIpc) is 2.93. The molecule has 2 aliphatic rings. The molecule has 4 atom stereocenters. The van der Waals surface area contributed by atoms with Crippen LogP contribution >= 0.6 is 0 Å². The highest BCUT2D eigenvalue weighted by Crippen LogP contribution is 2.65. The Kier molecular flexibility index (Phi) is 6.24. The van der Waals surface area contributed by atoms with Crippen LogP contribution in [-0.2, 0) is 23.9 Å². The molecule has 0 bridgehead atoms. The number of piperidine rings is 1. The van der Waals surface area contributed by atoms with Crippen LogP contribution in [0.3, 0.4) is 0 Å². The van der Waals surface area contributed by atoms with Crippen LogP contribution in [0.4, 0.5) is 0 Å². The Balaban J connectivity index is 2.14. The summed E-state index contributed by atoms with van der Waals surface area (Å²) in [5.74, 6) is -1.33. The number of likely N-dealkylation sites (tertiary alicyclic amines) is 1. The number of carbonyl (C=O) groups excluding carboxylic acids is 3. The smallest absolute Gasteiger partial charge is 0.328 e. The van der Waals surface area contributed by atoms with Crippen molar-refractivity contribution in [2.24, 2.45) is 23.2 Å². The molecule has 2 fully saturated rings. The zero-order chi connectivity index (χ0) is 20.6. The number of ether oxygens (including phenoxy) is 2. The fraction of sp³-hybridized carbons (Fsp3) is 0.850. The maximum absolute atomic E-state index is 13.2. The van der Waals surface area contributed by atoms with E-state index >= 15 is 0 Å². The van der Waals surface area contributed by atoms with Gasteiger partial charge in [-0.1, -0.05) is 13.8 Å². The predicted molar refractivity (Wildman–Crippen MR) is 98.5 cm³/mol. The summed E-state index contributed by atoms with van der Waals surface area (Å²) in [7, 11) is 1.33. The SMILES string of the molecule is COC(=O)[C@@H]1[C@@H]2C(CN1C(=O)[C@H](CCCO)CC(=O)OC(C)(C)C)C2(C)C. The first kappa shape index (κ1) is 21.7. The van der Waals surface area contributed by atoms with Crippen LogP contribution in [0.15, 0.2) is 0 Å². The first-order chi connectivity index (χ1) is 12.4. The molecule has 27 heavy (non-hydrogen) atoms. The molecule has 0 aromatic rings. The Morgan fingerprint density at radius 2 is 1.89 bits per heavy atom. The summed E-state index contributed by atoms with van der Waals surface area (Å²) < 4.78 is 10.3. The summed E-state index contributed by atoms with van der Waals surface area (Å²) in [6, 6.07) is -0.599. The van der Waals surface area contributed by atoms with Gasteiger partial charge in [0.2, 0.25) is 5.91 Å². The lowest BCUT2D eigenvalue weighted by molar-refractivity contribution is -0.160. The van der Waals surface area contributed by atoms with Crippen molar-refractivity contribution in [3.8, 4) is 0 Å². The largest absolute Gasteiger partial charge is 0.467 e. The Morgan fingerprint density at radius 1 is 1.26 bits per heavy atom. The fourth-order valence-corrected chi connectivity index (χ4v) is 4.37. The minimum atomic E-state index is -0.629. The number of aliphatic hydroxyl groups excluding tert-OH is 1. The normalized spacial score (nSPS) is 26.9. The summed E-state index contributed by atoms with van der Waals surface area (Å²) in [6.07, 6.45) is 0.727. The fourth-order valence-electron chi connectivity index (χ4n) is 4.37. The summed E-state index contributed by atoms with van der Waals surface area (Å²) in [5, 5.41) is 9.16. The highest BCUT2D eigenvalue weighted by molar-refractivity contribution is 5.89. The van der Waals surface area contributed by atoms with Gasteiger partial charge in [-0.2, -0.15) is 0 Å². The number of rotatable bonds is 7. The second-order valence-corrected chi connectivity index (χ2v) is 9.27. The van der Waals surface area contributed by atoms with Crippen molar-refractivity contribution in [1.29, 1.82) is 0 Å². The van der Waals surface area contributed by atoms with Crippen molar-refractivity contribution in [1.82, 2.24) is 4.90 Å². The van der Waals surface area contributed by atoms with E-state index in [1.165, 1.54) is 7.11 Å². The first-order valence-electron chi connectivity index (χ1n) is 9.65. The van der Waals surface area contributed by atoms with E-state index in [0.29, 0.717) is 19.4 Å². The van der Waals surface area contributed by atoms with Crippen molar-refractivity contribution in [2.45, 2.75) is 65.5 Å². The van der Waals surface area contributed by atoms with E-state index in [-0.39, 0.29) is 36.2 Å². The van der Waals surface area contributed by atoms with Crippen LogP contribution in [0, 0.1) is 23.2 Å². The molecule has 1 aliphatic carbocycles. The van der Waals surface area contributed by atoms with Gasteiger partial charge in [0.1, 0.15) is 11.6 Å². The molecule has 0 spiro atoms. The molecule has 0 radical (unpaired) electrons. The van der Waals surface area contributed by atoms with Gasteiger partial charge in [0.05, 0.1) is 13.5 Å². The van der Waals surface area contributed by atoms with E-state index in [1.54, 1.807) is 25.7 Å². The zero-order valence-electron chi connectivity index (χ0n) is 17.3. The lowest BCUT2D eigenvalue weighted by Crippen LogP contribution is -2.48. The molecule has 1 unspecified atom stereocenters. The highest BCUT2D eigenvalue weighted by Gasteiger charge is 2.69. The van der Waals surface area contributed by atoms with Crippen molar-refractivity contribution in [3.63, 3.8) is 0 Å². The van der Waals surface area contributed by atoms with Gasteiger partial charge in [0.25, 0.3) is 0 Å². The van der Waals surface area contributed by atoms with Crippen molar-refractivity contribution >= 4 is 17.8 Å². The molecule has 1 N–H and O–H groups in total. The topological polar surface area (TPSA) is 93.1 Å². The highest BCUT2D eigenvalue weighted by atomic mass is 16.6. The van der Waals surface area contributed by atoms with Crippen LogP contribution in [0.2, 0.25) is 0 Å². The third kappa shape index (κ3) is 4.62. The third-order valence-electron chi connectivity index (χ3n) is 5.83. The van der Waals surface area contributed by atoms with Gasteiger partial charge < -0.3 is 19.5 Å². The van der Waals surface area contributed by atoms with Crippen LogP contribution in [-0.4, -0.2) is 59.8 Å². The summed E-state index contributed by atoms with van der Waals surface area (Å²) in [5.41, 5.74) is -0.614. The van der Waals surface area contributed by atoms with Gasteiger partial charge in [-0.05, 0) is 44.9 Å². The Hall–Kier alpha value is -1.63. The Labute approximate surface area is 161 Å². The number of hydrogen-bond donors (Lipinski definition) is 1. The standard InChI is InChI=1S/C20H33NO6/c1-19(2,3)27-14(23)10-12(8-7-9-22)17(24)21-11-13-15(20(13,4)5)16(21)18(25)26-6/h12-13,15-16,22H,7-11H2,1-6H3/t12-,13?,15+,16+/m1/s1. The van der Waals surface area contributed by atoms with Gasteiger partial charge in [0, 0.05) is 25.0 Å². The number of fused-ring (bicyclic) bond motifs is 1. The zero-order valence-corrected chi connectivity index (χ0v) is 17.3. The molecule has 7 nitrogen and oxygen atoms in total. The van der Waals surface area contributed by atoms with Crippen molar-refractivity contribution in [3.05, 3.63) is 0 Å². The van der Waals surface area contributed by atoms with E-state index in [1.807, 2.05) is 0 Å². The van der Waals surface area contributed by atoms with E-state index in [0.717, 1.165) is 0 Å². The number of methoxy groups -OCH3 is 1. The predicted octanol–water partition coefficient (Wildman–Crippen LogP) is 1.76. The van der Waals surface area contributed by atoms with E-state index < -0.39 is 29.5 Å². The van der Waals surface area contributed by atoms with Crippen molar-refractivity contribution < 1.29 is 29.0 Å². The summed E-state index contributed by atoms with van der Waals surface area (Å²) in [4.78, 5) is 39.4. The lowest BCUT2D eigenvalue weighted by Gasteiger charge is -2.32. The Bertz CT molecular complexity index is 594. The van der Waals surface area contributed by atoms with Crippen LogP contribution in [0.25, 0.3) is 0 Å². The van der Waals surface area contributed by atoms with Crippen LogP contribution in [0.1, 0.15) is 53.9 Å². The number of amides is 1. The summed E-state index contributed by atoms with van der Waals surface area (Å²) in [6.45, 7) is 9.97. The van der Waals surface area contributed by atoms with Gasteiger partial charge in [0.15, 0.2) is 0 Å². The van der Waals surface area contributed by atoms with Gasteiger partial charge in [-0.15, -0.1) is 0 Å². The van der Waals surface area contributed by atoms with Crippen LogP contribution in [0.5, 0.6) is 0 Å².